The van der Waals surface area contributed by atoms with E-state index in [1.165, 1.54) is 0 Å². The second kappa shape index (κ2) is 5.48. The summed E-state index contributed by atoms with van der Waals surface area (Å²) in [6.07, 6.45) is 4.49. The van der Waals surface area contributed by atoms with Crippen molar-refractivity contribution >= 4 is 5.91 Å². The fraction of sp³-hybridized carbons (Fsp3) is 0.286. The number of rotatable bonds is 3. The zero-order chi connectivity index (χ0) is 13.0. The maximum atomic E-state index is 12.0. The van der Waals surface area contributed by atoms with E-state index >= 15 is 0 Å². The molecule has 18 heavy (non-hydrogen) atoms. The van der Waals surface area contributed by atoms with E-state index in [1.54, 1.807) is 24.3 Å². The largest absolute Gasteiger partial charge is 0.396 e. The van der Waals surface area contributed by atoms with E-state index in [-0.39, 0.29) is 24.5 Å². The highest BCUT2D eigenvalue weighted by Crippen LogP contribution is 2.17. The SMILES string of the molecule is N#Cc1ccccc1C(=O)N[C@@H]1C=C[C@H](CO)C1. The Bertz CT molecular complexity index is 517. The molecule has 0 saturated carbocycles. The second-order valence-corrected chi connectivity index (χ2v) is 4.30. The van der Waals surface area contributed by atoms with Crippen LogP contribution in [-0.4, -0.2) is 23.7 Å². The third-order valence-electron chi connectivity index (χ3n) is 3.02. The number of aliphatic hydroxyl groups excluding tert-OH is 1. The summed E-state index contributed by atoms with van der Waals surface area (Å²) >= 11 is 0. The second-order valence-electron chi connectivity index (χ2n) is 4.30. The smallest absolute Gasteiger partial charge is 0.253 e. The van der Waals surface area contributed by atoms with Crippen LogP contribution < -0.4 is 5.32 Å². The van der Waals surface area contributed by atoms with Gasteiger partial charge in [-0.1, -0.05) is 24.3 Å². The zero-order valence-corrected chi connectivity index (χ0v) is 9.84. The number of carbonyl (C=O) groups is 1. The van der Waals surface area contributed by atoms with Crippen molar-refractivity contribution in [1.29, 1.82) is 5.26 Å². The molecule has 0 radical (unpaired) electrons. The van der Waals surface area contributed by atoms with Gasteiger partial charge in [-0.15, -0.1) is 0 Å². The van der Waals surface area contributed by atoms with Crippen molar-refractivity contribution in [2.24, 2.45) is 5.92 Å². The first-order chi connectivity index (χ1) is 8.74. The Labute approximate surface area is 106 Å². The van der Waals surface area contributed by atoms with Gasteiger partial charge in [-0.25, -0.2) is 0 Å². The lowest BCUT2D eigenvalue weighted by Gasteiger charge is -2.13. The number of nitrogens with zero attached hydrogens (tertiary/aromatic N) is 1. The van der Waals surface area contributed by atoms with E-state index < -0.39 is 0 Å². The van der Waals surface area contributed by atoms with Crippen LogP contribution >= 0.6 is 0 Å². The molecular weight excluding hydrogens is 228 g/mol. The van der Waals surface area contributed by atoms with Gasteiger partial charge in [0, 0.05) is 18.6 Å². The first-order valence-corrected chi connectivity index (χ1v) is 5.83. The number of amides is 1. The molecule has 0 fully saturated rings. The lowest BCUT2D eigenvalue weighted by atomic mass is 10.1. The zero-order valence-electron chi connectivity index (χ0n) is 9.84. The quantitative estimate of drug-likeness (QED) is 0.783. The molecule has 0 saturated heterocycles. The number of aliphatic hydroxyl groups is 1. The normalized spacial score (nSPS) is 21.6. The van der Waals surface area contributed by atoms with Crippen LogP contribution in [0.25, 0.3) is 0 Å². The number of carbonyl (C=O) groups excluding carboxylic acids is 1. The first-order valence-electron chi connectivity index (χ1n) is 5.83. The summed E-state index contributed by atoms with van der Waals surface area (Å²) in [5, 5.41) is 20.8. The molecule has 1 aliphatic carbocycles. The molecule has 0 spiro atoms. The molecule has 4 nitrogen and oxygen atoms in total. The molecule has 0 unspecified atom stereocenters. The molecular formula is C14H14N2O2. The van der Waals surface area contributed by atoms with E-state index in [2.05, 4.69) is 5.32 Å². The molecule has 4 heteroatoms. The van der Waals surface area contributed by atoms with Crippen molar-refractivity contribution in [2.45, 2.75) is 12.5 Å². The van der Waals surface area contributed by atoms with Crippen molar-refractivity contribution in [3.8, 4) is 6.07 Å². The lowest BCUT2D eigenvalue weighted by Crippen LogP contribution is -2.33. The van der Waals surface area contributed by atoms with Crippen molar-refractivity contribution in [1.82, 2.24) is 5.32 Å². The molecule has 92 valence electrons. The molecule has 1 aromatic rings. The molecule has 1 amide bonds. The topological polar surface area (TPSA) is 73.1 Å². The molecule has 0 aliphatic heterocycles. The van der Waals surface area contributed by atoms with E-state index in [9.17, 15) is 4.79 Å². The first kappa shape index (κ1) is 12.3. The van der Waals surface area contributed by atoms with Crippen LogP contribution in [0.2, 0.25) is 0 Å². The van der Waals surface area contributed by atoms with Crippen LogP contribution in [0.1, 0.15) is 22.3 Å². The molecule has 0 heterocycles. The summed E-state index contributed by atoms with van der Waals surface area (Å²) in [7, 11) is 0. The van der Waals surface area contributed by atoms with Gasteiger partial charge in [-0.3, -0.25) is 4.79 Å². The standard InChI is InChI=1S/C14H14N2O2/c15-8-11-3-1-2-4-13(11)14(18)16-12-6-5-10(7-12)9-17/h1-6,10,12,17H,7,9H2,(H,16,18)/t10-,12+/m0/s1. The molecule has 2 atom stereocenters. The van der Waals surface area contributed by atoms with E-state index in [4.69, 9.17) is 10.4 Å². The van der Waals surface area contributed by atoms with Crippen LogP contribution in [0.3, 0.4) is 0 Å². The minimum absolute atomic E-state index is 0.0681. The van der Waals surface area contributed by atoms with Crippen LogP contribution in [0.4, 0.5) is 0 Å². The van der Waals surface area contributed by atoms with Crippen molar-refractivity contribution in [3.05, 3.63) is 47.5 Å². The average Bonchev–Trinajstić information content (AvgIpc) is 2.86. The van der Waals surface area contributed by atoms with Gasteiger partial charge in [-0.05, 0) is 18.6 Å². The number of benzene rings is 1. The summed E-state index contributed by atoms with van der Waals surface area (Å²) in [5.41, 5.74) is 0.761. The predicted octanol–water partition coefficient (Wildman–Crippen LogP) is 1.23. The Kier molecular flexibility index (Phi) is 3.75. The highest BCUT2D eigenvalue weighted by molar-refractivity contribution is 5.96. The number of hydrogen-bond acceptors (Lipinski definition) is 3. The van der Waals surface area contributed by atoms with Crippen molar-refractivity contribution in [3.63, 3.8) is 0 Å². The molecule has 0 bridgehead atoms. The number of hydrogen-bond donors (Lipinski definition) is 2. The number of nitrogens with one attached hydrogen (secondary N) is 1. The lowest BCUT2D eigenvalue weighted by molar-refractivity contribution is 0.0941. The third-order valence-corrected chi connectivity index (χ3v) is 3.02. The summed E-state index contributed by atoms with van der Waals surface area (Å²) in [6.45, 7) is 0.0949. The molecule has 2 N–H and O–H groups in total. The summed E-state index contributed by atoms with van der Waals surface area (Å²) in [5.74, 6) is -0.137. The summed E-state index contributed by atoms with van der Waals surface area (Å²) < 4.78 is 0. The van der Waals surface area contributed by atoms with Crippen LogP contribution in [0, 0.1) is 17.2 Å². The Hall–Kier alpha value is -2.12. The Morgan fingerprint density at radius 2 is 2.22 bits per heavy atom. The highest BCUT2D eigenvalue weighted by atomic mass is 16.3. The van der Waals surface area contributed by atoms with Gasteiger partial charge in [0.2, 0.25) is 0 Å². The van der Waals surface area contributed by atoms with Gasteiger partial charge in [0.15, 0.2) is 0 Å². The molecule has 0 aromatic heterocycles. The minimum Gasteiger partial charge on any atom is -0.396 e. The molecule has 1 aromatic carbocycles. The maximum absolute atomic E-state index is 12.0. The predicted molar refractivity (Wildman–Crippen MR) is 66.7 cm³/mol. The Morgan fingerprint density at radius 3 is 2.89 bits per heavy atom. The highest BCUT2D eigenvalue weighted by Gasteiger charge is 2.21. The van der Waals surface area contributed by atoms with Crippen LogP contribution in [0.5, 0.6) is 0 Å². The molecule has 1 aliphatic rings. The Balaban J connectivity index is 2.05. The maximum Gasteiger partial charge on any atom is 0.253 e. The Morgan fingerprint density at radius 1 is 1.44 bits per heavy atom. The van der Waals surface area contributed by atoms with Crippen LogP contribution in [-0.2, 0) is 0 Å². The average molecular weight is 242 g/mol. The number of nitriles is 1. The van der Waals surface area contributed by atoms with E-state index in [1.807, 2.05) is 18.2 Å². The van der Waals surface area contributed by atoms with Gasteiger partial charge >= 0.3 is 0 Å². The van der Waals surface area contributed by atoms with Crippen LogP contribution in [0.15, 0.2) is 36.4 Å². The van der Waals surface area contributed by atoms with E-state index in [0.717, 1.165) is 0 Å². The summed E-state index contributed by atoms with van der Waals surface area (Å²) in [4.78, 5) is 12.0. The van der Waals surface area contributed by atoms with Gasteiger partial charge in [0.05, 0.1) is 17.2 Å². The third kappa shape index (κ3) is 2.58. The van der Waals surface area contributed by atoms with Crippen molar-refractivity contribution in [2.75, 3.05) is 6.61 Å². The summed E-state index contributed by atoms with van der Waals surface area (Å²) in [6, 6.07) is 8.65. The fourth-order valence-corrected chi connectivity index (χ4v) is 2.04. The van der Waals surface area contributed by atoms with Crippen molar-refractivity contribution < 1.29 is 9.90 Å². The fourth-order valence-electron chi connectivity index (χ4n) is 2.04. The van der Waals surface area contributed by atoms with Gasteiger partial charge in [-0.2, -0.15) is 5.26 Å². The van der Waals surface area contributed by atoms with E-state index in [0.29, 0.717) is 17.5 Å². The minimum atomic E-state index is -0.250. The van der Waals surface area contributed by atoms with Gasteiger partial charge in [0.1, 0.15) is 0 Å². The molecule has 2 rings (SSSR count). The van der Waals surface area contributed by atoms with Gasteiger partial charge < -0.3 is 10.4 Å². The monoisotopic (exact) mass is 242 g/mol. The van der Waals surface area contributed by atoms with Gasteiger partial charge in [0.25, 0.3) is 5.91 Å².